The van der Waals surface area contributed by atoms with Crippen LogP contribution in [0.5, 0.6) is 0 Å². The highest BCUT2D eigenvalue weighted by Gasteiger charge is 2.17. The largest absolute Gasteiger partial charge is 0.369 e. The number of carbonyl (C=O) groups excluding carboxylic acids is 1. The molecular weight excluding hydrogens is 363 g/mol. The molecule has 1 aliphatic heterocycles. The molecule has 0 aliphatic carbocycles. The molecule has 5 nitrogen and oxygen atoms in total. The third kappa shape index (κ3) is 5.43. The van der Waals surface area contributed by atoms with Gasteiger partial charge in [-0.2, -0.15) is 0 Å². The third-order valence-electron chi connectivity index (χ3n) is 4.71. The van der Waals surface area contributed by atoms with Gasteiger partial charge in [0.2, 0.25) is 0 Å². The van der Waals surface area contributed by atoms with Crippen LogP contribution in [0.25, 0.3) is 0 Å². The molecule has 0 spiro atoms. The van der Waals surface area contributed by atoms with Crippen molar-refractivity contribution in [3.63, 3.8) is 0 Å². The van der Waals surface area contributed by atoms with E-state index in [9.17, 15) is 9.18 Å². The molecule has 0 saturated carbocycles. The van der Waals surface area contributed by atoms with Crippen LogP contribution >= 0.6 is 11.8 Å². The molecule has 1 aliphatic rings. The summed E-state index contributed by atoms with van der Waals surface area (Å²) in [4.78, 5) is 21.2. The van der Waals surface area contributed by atoms with Crippen molar-refractivity contribution in [1.29, 1.82) is 0 Å². The van der Waals surface area contributed by atoms with Gasteiger partial charge in [-0.15, -0.1) is 11.8 Å². The van der Waals surface area contributed by atoms with Gasteiger partial charge in [-0.3, -0.25) is 9.69 Å². The van der Waals surface area contributed by atoms with Crippen molar-refractivity contribution < 1.29 is 9.18 Å². The maximum atomic E-state index is 13.0. The fourth-order valence-corrected chi connectivity index (χ4v) is 3.75. The molecule has 144 valence electrons. The van der Waals surface area contributed by atoms with Gasteiger partial charge in [-0.05, 0) is 55.6 Å². The predicted molar refractivity (Wildman–Crippen MR) is 108 cm³/mol. The van der Waals surface area contributed by atoms with E-state index in [4.69, 9.17) is 0 Å². The van der Waals surface area contributed by atoms with E-state index >= 15 is 0 Å². The molecule has 0 unspecified atom stereocenters. The number of hydrogen-bond donors (Lipinski definition) is 1. The second kappa shape index (κ2) is 9.71. The maximum Gasteiger partial charge on any atom is 0.254 e. The fraction of sp³-hybridized carbons (Fsp3) is 0.400. The Kier molecular flexibility index (Phi) is 7.06. The van der Waals surface area contributed by atoms with E-state index < -0.39 is 0 Å². The van der Waals surface area contributed by atoms with Gasteiger partial charge in [0.25, 0.3) is 5.91 Å². The van der Waals surface area contributed by atoms with E-state index in [1.807, 2.05) is 24.5 Å². The van der Waals surface area contributed by atoms with E-state index in [0.29, 0.717) is 12.1 Å². The zero-order chi connectivity index (χ0) is 19.1. The average Bonchev–Trinajstić information content (AvgIpc) is 2.72. The quantitative estimate of drug-likeness (QED) is 0.584. The highest BCUT2D eigenvalue weighted by Crippen LogP contribution is 2.17. The lowest BCUT2D eigenvalue weighted by Crippen LogP contribution is -2.47. The average molecular weight is 389 g/mol. The molecule has 0 atom stereocenters. The highest BCUT2D eigenvalue weighted by molar-refractivity contribution is 7.98. The van der Waals surface area contributed by atoms with Gasteiger partial charge in [-0.1, -0.05) is 0 Å². The molecular formula is C20H25FN4OS. The summed E-state index contributed by atoms with van der Waals surface area (Å²) in [6.45, 7) is 5.43. The Labute approximate surface area is 164 Å². The summed E-state index contributed by atoms with van der Waals surface area (Å²) in [5.41, 5.74) is 1.71. The number of piperazine rings is 1. The van der Waals surface area contributed by atoms with Gasteiger partial charge >= 0.3 is 0 Å². The molecule has 1 aromatic heterocycles. The number of hydrogen-bond acceptors (Lipinski definition) is 5. The van der Waals surface area contributed by atoms with E-state index in [-0.39, 0.29) is 11.7 Å². The number of thioether (sulfide) groups is 1. The third-order valence-corrected chi connectivity index (χ3v) is 5.42. The number of rotatable bonds is 7. The summed E-state index contributed by atoms with van der Waals surface area (Å²) in [7, 11) is 0. The zero-order valence-corrected chi connectivity index (χ0v) is 16.3. The van der Waals surface area contributed by atoms with Crippen molar-refractivity contribution in [2.45, 2.75) is 11.4 Å². The number of nitrogens with zero attached hydrogens (tertiary/aromatic N) is 3. The monoisotopic (exact) mass is 388 g/mol. The number of halogens is 1. The van der Waals surface area contributed by atoms with Crippen LogP contribution in [0.1, 0.15) is 16.8 Å². The van der Waals surface area contributed by atoms with Crippen LogP contribution in [0.4, 0.5) is 10.1 Å². The van der Waals surface area contributed by atoms with Crippen LogP contribution in [0.3, 0.4) is 0 Å². The summed E-state index contributed by atoms with van der Waals surface area (Å²) in [6, 6.07) is 10.3. The molecule has 0 bridgehead atoms. The summed E-state index contributed by atoms with van der Waals surface area (Å²) < 4.78 is 13.0. The van der Waals surface area contributed by atoms with Gasteiger partial charge in [0.1, 0.15) is 10.8 Å². The minimum atomic E-state index is -0.199. The maximum absolute atomic E-state index is 13.0. The van der Waals surface area contributed by atoms with Crippen LogP contribution in [0, 0.1) is 5.82 Å². The molecule has 1 saturated heterocycles. The molecule has 1 aromatic carbocycles. The Morgan fingerprint density at radius 3 is 2.63 bits per heavy atom. The van der Waals surface area contributed by atoms with Crippen molar-refractivity contribution in [2.24, 2.45) is 0 Å². The number of pyridine rings is 1. The minimum absolute atomic E-state index is 0.0615. The first-order valence-corrected chi connectivity index (χ1v) is 10.4. The van der Waals surface area contributed by atoms with Crippen LogP contribution in [0.15, 0.2) is 47.6 Å². The smallest absolute Gasteiger partial charge is 0.254 e. The van der Waals surface area contributed by atoms with Gasteiger partial charge in [0.05, 0.1) is 5.56 Å². The lowest BCUT2D eigenvalue weighted by Gasteiger charge is -2.36. The predicted octanol–water partition coefficient (Wildman–Crippen LogP) is 2.88. The molecule has 3 rings (SSSR count). The minimum Gasteiger partial charge on any atom is -0.369 e. The van der Waals surface area contributed by atoms with Crippen molar-refractivity contribution in [1.82, 2.24) is 15.2 Å². The second-order valence-corrected chi connectivity index (χ2v) is 7.27. The number of nitrogens with one attached hydrogen (secondary N) is 1. The van der Waals surface area contributed by atoms with Gasteiger partial charge in [-0.25, -0.2) is 9.37 Å². The summed E-state index contributed by atoms with van der Waals surface area (Å²) >= 11 is 1.48. The zero-order valence-electron chi connectivity index (χ0n) is 15.5. The van der Waals surface area contributed by atoms with E-state index in [1.54, 1.807) is 12.3 Å². The molecule has 1 amide bonds. The van der Waals surface area contributed by atoms with E-state index in [0.717, 1.165) is 49.9 Å². The Morgan fingerprint density at radius 1 is 1.19 bits per heavy atom. The fourth-order valence-electron chi connectivity index (χ4n) is 3.21. The topological polar surface area (TPSA) is 48.5 Å². The van der Waals surface area contributed by atoms with Crippen molar-refractivity contribution in [3.05, 3.63) is 54.0 Å². The molecule has 1 N–H and O–H groups in total. The van der Waals surface area contributed by atoms with Crippen LogP contribution < -0.4 is 10.2 Å². The number of amides is 1. The summed E-state index contributed by atoms with van der Waals surface area (Å²) in [6.07, 6.45) is 4.54. The van der Waals surface area contributed by atoms with Crippen molar-refractivity contribution in [2.75, 3.05) is 50.4 Å². The normalized spacial score (nSPS) is 15.0. The van der Waals surface area contributed by atoms with Gasteiger partial charge in [0, 0.05) is 44.6 Å². The SMILES string of the molecule is CSc1ncccc1C(=O)NCCCN1CCN(c2ccc(F)cc2)CC1. The number of aromatic nitrogens is 1. The standard InChI is InChI=1S/C20H25FN4OS/c1-27-20-18(4-2-9-23-20)19(26)22-10-3-11-24-12-14-25(15-13-24)17-7-5-16(21)6-8-17/h2,4-9H,3,10-15H2,1H3,(H,22,26). The molecule has 2 heterocycles. The Balaban J connectivity index is 1.37. The molecule has 1 fully saturated rings. The molecule has 7 heteroatoms. The second-order valence-electron chi connectivity index (χ2n) is 6.47. The molecule has 27 heavy (non-hydrogen) atoms. The molecule has 0 radical (unpaired) electrons. The van der Waals surface area contributed by atoms with Gasteiger partial charge < -0.3 is 10.2 Å². The molecule has 2 aromatic rings. The lowest BCUT2D eigenvalue weighted by molar-refractivity contribution is 0.0948. The van der Waals surface area contributed by atoms with Crippen LogP contribution in [-0.4, -0.2) is 61.3 Å². The van der Waals surface area contributed by atoms with Crippen molar-refractivity contribution >= 4 is 23.4 Å². The Hall–Kier alpha value is -2.12. The Bertz CT molecular complexity index is 748. The Morgan fingerprint density at radius 2 is 1.93 bits per heavy atom. The number of benzene rings is 1. The van der Waals surface area contributed by atoms with E-state index in [2.05, 4.69) is 20.1 Å². The number of carbonyl (C=O) groups is 1. The van der Waals surface area contributed by atoms with Crippen molar-refractivity contribution in [3.8, 4) is 0 Å². The lowest BCUT2D eigenvalue weighted by atomic mass is 10.2. The van der Waals surface area contributed by atoms with E-state index in [1.165, 1.54) is 23.9 Å². The summed E-state index contributed by atoms with van der Waals surface area (Å²) in [5.74, 6) is -0.260. The highest BCUT2D eigenvalue weighted by atomic mass is 32.2. The first-order valence-electron chi connectivity index (χ1n) is 9.17. The number of anilines is 1. The summed E-state index contributed by atoms with van der Waals surface area (Å²) in [5, 5.41) is 3.74. The van der Waals surface area contributed by atoms with Crippen LogP contribution in [0.2, 0.25) is 0 Å². The van der Waals surface area contributed by atoms with Crippen LogP contribution in [-0.2, 0) is 0 Å². The van der Waals surface area contributed by atoms with Gasteiger partial charge in [0.15, 0.2) is 0 Å². The first-order chi connectivity index (χ1) is 13.2. The first kappa shape index (κ1) is 19.6.